The van der Waals surface area contributed by atoms with E-state index >= 15 is 0 Å². The number of rotatable bonds is 8. The molecule has 3 heterocycles. The maximum absolute atomic E-state index is 13.5. The summed E-state index contributed by atoms with van der Waals surface area (Å²) in [4.78, 5) is 17.0. The van der Waals surface area contributed by atoms with Crippen molar-refractivity contribution < 1.29 is 33.0 Å². The molecule has 0 radical (unpaired) electrons. The number of nitrogens with one attached hydrogen (secondary N) is 1. The lowest BCUT2D eigenvalue weighted by Gasteiger charge is -2.40. The van der Waals surface area contributed by atoms with Crippen LogP contribution in [-0.4, -0.2) is 78.2 Å². The van der Waals surface area contributed by atoms with Gasteiger partial charge in [0.2, 0.25) is 15.9 Å². The third-order valence-electron chi connectivity index (χ3n) is 7.17. The molecule has 196 valence electrons. The van der Waals surface area contributed by atoms with E-state index in [0.29, 0.717) is 31.8 Å². The van der Waals surface area contributed by atoms with Gasteiger partial charge in [0.1, 0.15) is 6.61 Å². The molecule has 11 heteroatoms. The summed E-state index contributed by atoms with van der Waals surface area (Å²) in [6, 6.07) is 11.7. The number of hydroxylamine groups is 1. The number of carbonyl (C=O) groups is 1. The number of aliphatic hydroxyl groups excluding tert-OH is 1. The second-order valence-electron chi connectivity index (χ2n) is 9.23. The molecule has 2 fully saturated rings. The molecular weight excluding hydrogens is 486 g/mol. The second kappa shape index (κ2) is 11.2. The van der Waals surface area contributed by atoms with E-state index in [0.717, 1.165) is 22.4 Å². The van der Waals surface area contributed by atoms with Gasteiger partial charge in [-0.3, -0.25) is 10.0 Å². The van der Waals surface area contributed by atoms with Gasteiger partial charge in [0.05, 0.1) is 12.3 Å². The number of hydrogen-bond acceptors (Lipinski definition) is 8. The van der Waals surface area contributed by atoms with Crippen molar-refractivity contribution in [3.8, 4) is 17.1 Å². The van der Waals surface area contributed by atoms with Gasteiger partial charge in [0, 0.05) is 50.8 Å². The molecule has 0 bridgehead atoms. The average molecular weight is 520 g/mol. The van der Waals surface area contributed by atoms with E-state index in [4.69, 9.17) is 14.6 Å². The number of pyridine rings is 1. The van der Waals surface area contributed by atoms with Gasteiger partial charge in [-0.1, -0.05) is 24.3 Å². The van der Waals surface area contributed by atoms with Gasteiger partial charge in [-0.25, -0.2) is 23.2 Å². The molecule has 0 saturated carbocycles. The van der Waals surface area contributed by atoms with E-state index in [1.165, 1.54) is 4.31 Å². The van der Waals surface area contributed by atoms with Crippen molar-refractivity contribution in [3.05, 3.63) is 47.5 Å². The highest BCUT2D eigenvalue weighted by atomic mass is 32.2. The third kappa shape index (κ3) is 5.12. The van der Waals surface area contributed by atoms with Crippen molar-refractivity contribution in [3.63, 3.8) is 0 Å². The van der Waals surface area contributed by atoms with Gasteiger partial charge >= 0.3 is 0 Å². The minimum Gasteiger partial charge on any atom is -0.475 e. The van der Waals surface area contributed by atoms with E-state index < -0.39 is 20.7 Å². The zero-order chi connectivity index (χ0) is 25.8. The van der Waals surface area contributed by atoms with Crippen molar-refractivity contribution >= 4 is 15.9 Å². The van der Waals surface area contributed by atoms with Gasteiger partial charge in [-0.15, -0.1) is 0 Å². The molecule has 36 heavy (non-hydrogen) atoms. The van der Waals surface area contributed by atoms with Gasteiger partial charge in [-0.05, 0) is 42.9 Å². The Kier molecular flexibility index (Phi) is 8.26. The Morgan fingerprint density at radius 3 is 2.58 bits per heavy atom. The Bertz CT molecular complexity index is 1170. The molecule has 1 aromatic heterocycles. The molecule has 0 aliphatic carbocycles. The maximum atomic E-state index is 13.5. The second-order valence-corrected chi connectivity index (χ2v) is 11.5. The Hall–Kier alpha value is -2.57. The average Bonchev–Trinajstić information content (AvgIpc) is 2.91. The molecule has 2 saturated heterocycles. The highest BCUT2D eigenvalue weighted by Crippen LogP contribution is 2.37. The number of amides is 1. The number of nitrogens with zero attached hydrogens (tertiary/aromatic N) is 2. The summed E-state index contributed by atoms with van der Waals surface area (Å²) in [7, 11) is -3.98. The minimum atomic E-state index is -3.98. The lowest BCUT2D eigenvalue weighted by Crippen LogP contribution is -2.60. The summed E-state index contributed by atoms with van der Waals surface area (Å²) in [5.41, 5.74) is 5.51. The van der Waals surface area contributed by atoms with Gasteiger partial charge in [0.25, 0.3) is 5.91 Å². The van der Waals surface area contributed by atoms with Gasteiger partial charge in [0.15, 0.2) is 4.75 Å². The predicted octanol–water partition coefficient (Wildman–Crippen LogP) is 1.99. The van der Waals surface area contributed by atoms with Crippen LogP contribution < -0.4 is 10.2 Å². The molecule has 0 unspecified atom stereocenters. The van der Waals surface area contributed by atoms with Crippen LogP contribution in [0, 0.1) is 6.92 Å². The molecule has 0 atom stereocenters. The van der Waals surface area contributed by atoms with Crippen LogP contribution in [0.5, 0.6) is 5.88 Å². The maximum Gasteiger partial charge on any atom is 0.266 e. The van der Waals surface area contributed by atoms with Crippen LogP contribution >= 0.6 is 0 Å². The molecule has 2 aromatic rings. The first kappa shape index (κ1) is 26.5. The Morgan fingerprint density at radius 2 is 1.94 bits per heavy atom. The number of benzene rings is 1. The van der Waals surface area contributed by atoms with Crippen molar-refractivity contribution in [1.82, 2.24) is 14.8 Å². The van der Waals surface area contributed by atoms with Gasteiger partial charge < -0.3 is 14.6 Å². The van der Waals surface area contributed by atoms with E-state index in [1.807, 2.05) is 25.1 Å². The summed E-state index contributed by atoms with van der Waals surface area (Å²) in [5, 5.41) is 18.2. The fourth-order valence-electron chi connectivity index (χ4n) is 5.11. The lowest BCUT2D eigenvalue weighted by molar-refractivity contribution is -0.134. The first-order valence-electron chi connectivity index (χ1n) is 12.2. The van der Waals surface area contributed by atoms with Crippen LogP contribution in [-0.2, 0) is 19.6 Å². The van der Waals surface area contributed by atoms with E-state index in [9.17, 15) is 18.4 Å². The smallest absolute Gasteiger partial charge is 0.266 e. The van der Waals surface area contributed by atoms with Crippen molar-refractivity contribution in [1.29, 1.82) is 0 Å². The van der Waals surface area contributed by atoms with Crippen molar-refractivity contribution in [2.45, 2.75) is 43.3 Å². The van der Waals surface area contributed by atoms with Crippen LogP contribution in [0.4, 0.5) is 0 Å². The first-order chi connectivity index (χ1) is 17.3. The predicted molar refractivity (Wildman–Crippen MR) is 132 cm³/mol. The summed E-state index contributed by atoms with van der Waals surface area (Å²) in [5.74, 6) is -0.247. The molecule has 1 aromatic carbocycles. The Labute approximate surface area is 211 Å². The summed E-state index contributed by atoms with van der Waals surface area (Å²) >= 11 is 0. The number of piperidine rings is 1. The Balaban J connectivity index is 1.47. The number of aryl methyl sites for hydroxylation is 1. The lowest BCUT2D eigenvalue weighted by atomic mass is 9.88. The fourth-order valence-corrected chi connectivity index (χ4v) is 7.25. The minimum absolute atomic E-state index is 0.0165. The largest absolute Gasteiger partial charge is 0.475 e. The number of aromatic nitrogens is 1. The third-order valence-corrected chi connectivity index (χ3v) is 9.79. The highest BCUT2D eigenvalue weighted by molar-refractivity contribution is 7.91. The number of aliphatic hydroxyl groups is 1. The fraction of sp³-hybridized carbons (Fsp3) is 0.520. The molecule has 4 rings (SSSR count). The van der Waals surface area contributed by atoms with Gasteiger partial charge in [-0.2, -0.15) is 0 Å². The number of hydrogen-bond donors (Lipinski definition) is 3. The molecule has 0 spiro atoms. The zero-order valence-corrected chi connectivity index (χ0v) is 21.2. The zero-order valence-electron chi connectivity index (χ0n) is 20.4. The monoisotopic (exact) mass is 519 g/mol. The summed E-state index contributed by atoms with van der Waals surface area (Å²) < 4.78 is 37.5. The number of sulfonamides is 1. The molecule has 2 aliphatic heterocycles. The number of carbonyl (C=O) groups excluding carboxylic acids is 1. The Morgan fingerprint density at radius 1 is 1.22 bits per heavy atom. The first-order valence-corrected chi connectivity index (χ1v) is 13.6. The van der Waals surface area contributed by atoms with Crippen molar-refractivity contribution in [2.24, 2.45) is 0 Å². The molecule has 3 N–H and O–H groups in total. The van der Waals surface area contributed by atoms with Crippen LogP contribution in [0.15, 0.2) is 36.4 Å². The van der Waals surface area contributed by atoms with E-state index in [2.05, 4.69) is 17.1 Å². The van der Waals surface area contributed by atoms with Crippen LogP contribution in [0.1, 0.15) is 42.7 Å². The topological polar surface area (TPSA) is 138 Å². The van der Waals surface area contributed by atoms with E-state index in [-0.39, 0.29) is 45.2 Å². The standard InChI is InChI=1S/C25H33N3O7S/c1-18-17-20(5-6-21(18)22-3-2-4-23(26-22)35-16-13-29)19-7-11-28(12-8-19)36(32,33)25(24(30)27-31)9-14-34-15-10-25/h2-6,17,19,29,31H,7-16H2,1H3,(H,27,30). The highest BCUT2D eigenvalue weighted by Gasteiger charge is 2.54. The van der Waals surface area contributed by atoms with E-state index in [1.54, 1.807) is 11.5 Å². The normalized spacial score (nSPS) is 19.1. The van der Waals surface area contributed by atoms with Crippen LogP contribution in [0.25, 0.3) is 11.3 Å². The number of ether oxygens (including phenoxy) is 2. The van der Waals surface area contributed by atoms with Crippen LogP contribution in [0.3, 0.4) is 0 Å². The molecule has 1 amide bonds. The van der Waals surface area contributed by atoms with Crippen LogP contribution in [0.2, 0.25) is 0 Å². The quantitative estimate of drug-likeness (QED) is 0.356. The summed E-state index contributed by atoms with van der Waals surface area (Å²) in [6.45, 7) is 3.04. The van der Waals surface area contributed by atoms with Crippen molar-refractivity contribution in [2.75, 3.05) is 39.5 Å². The molecule has 2 aliphatic rings. The molecular formula is C25H33N3O7S. The molecule has 10 nitrogen and oxygen atoms in total. The SMILES string of the molecule is Cc1cc(C2CCN(S(=O)(=O)C3(C(=O)NO)CCOCC3)CC2)ccc1-c1cccc(OCCO)n1. The summed E-state index contributed by atoms with van der Waals surface area (Å²) in [6.07, 6.45) is 1.30.